The van der Waals surface area contributed by atoms with Crippen LogP contribution in [0.4, 0.5) is 0 Å². The molecule has 0 radical (unpaired) electrons. The summed E-state index contributed by atoms with van der Waals surface area (Å²) in [6.45, 7) is 0.610. The van der Waals surface area contributed by atoms with Crippen LogP contribution in [-0.2, 0) is 17.1 Å². The van der Waals surface area contributed by atoms with E-state index in [-0.39, 0.29) is 0 Å². The normalized spacial score (nSPS) is 15.5. The highest BCUT2D eigenvalue weighted by molar-refractivity contribution is 5.82. The van der Waals surface area contributed by atoms with Gasteiger partial charge in [0, 0.05) is 22.2 Å². The molecule has 1 aromatic heterocycles. The summed E-state index contributed by atoms with van der Waals surface area (Å²) in [5.41, 5.74) is 4.11. The molecule has 0 fully saturated rings. The van der Waals surface area contributed by atoms with Crippen LogP contribution in [0.3, 0.4) is 0 Å². The van der Waals surface area contributed by atoms with Crippen LogP contribution >= 0.6 is 0 Å². The second-order valence-electron chi connectivity index (χ2n) is 6.19. The van der Waals surface area contributed by atoms with E-state index in [1.807, 2.05) is 12.1 Å². The molecule has 0 atom stereocenters. The number of aromatic nitrogens is 1. The first-order valence-corrected chi connectivity index (χ1v) is 8.24. The summed E-state index contributed by atoms with van der Waals surface area (Å²) < 4.78 is 8.85. The molecule has 0 N–H and O–H groups in total. The predicted molar refractivity (Wildman–Crippen MR) is 95.8 cm³/mol. The van der Waals surface area contributed by atoms with Gasteiger partial charge in [-0.05, 0) is 12.1 Å². The molecular weight excluding hydrogens is 294 g/mol. The van der Waals surface area contributed by atoms with Gasteiger partial charge in [-0.2, -0.15) is 0 Å². The number of fused-ring (bicyclic) bond motifs is 3. The van der Waals surface area contributed by atoms with Gasteiger partial charge in [-0.15, -0.1) is 0 Å². The number of para-hydroxylation sites is 1. The van der Waals surface area contributed by atoms with E-state index in [2.05, 4.69) is 83.4 Å². The van der Waals surface area contributed by atoms with E-state index in [4.69, 9.17) is 4.74 Å². The molecule has 2 nitrogen and oxygen atoms in total. The maximum Gasteiger partial charge on any atom is 0.198 e. The summed E-state index contributed by atoms with van der Waals surface area (Å²) in [7, 11) is 0. The molecule has 0 unspecified atom stereocenters. The van der Waals surface area contributed by atoms with E-state index in [1.165, 1.54) is 16.6 Å². The van der Waals surface area contributed by atoms with E-state index in [0.29, 0.717) is 6.61 Å². The highest BCUT2D eigenvalue weighted by Gasteiger charge is 2.44. The van der Waals surface area contributed by atoms with Crippen molar-refractivity contribution >= 4 is 10.9 Å². The summed E-state index contributed by atoms with van der Waals surface area (Å²) in [6, 6.07) is 31.8. The summed E-state index contributed by atoms with van der Waals surface area (Å²) >= 11 is 0. The van der Waals surface area contributed by atoms with Gasteiger partial charge in [-0.3, -0.25) is 0 Å². The Morgan fingerprint density at radius 2 is 1.29 bits per heavy atom. The fourth-order valence-electron chi connectivity index (χ4n) is 3.85. The monoisotopic (exact) mass is 311 g/mol. The molecule has 0 spiro atoms. The van der Waals surface area contributed by atoms with E-state index in [1.54, 1.807) is 0 Å². The van der Waals surface area contributed by atoms with Crippen LogP contribution in [0.15, 0.2) is 91.0 Å². The average Bonchev–Trinajstić information content (AvgIpc) is 3.21. The van der Waals surface area contributed by atoms with Crippen molar-refractivity contribution in [3.63, 3.8) is 0 Å². The second kappa shape index (κ2) is 5.08. The SMILES string of the molecule is c1ccc(C2(c3ccccc3)OCc3cc4ccccc4n32)cc1. The molecule has 116 valence electrons. The summed E-state index contributed by atoms with van der Waals surface area (Å²) in [6.07, 6.45) is 0. The standard InChI is InChI=1S/C22H17NO/c1-3-10-18(11-4-1)22(19-12-5-2-6-13-19)23-20(16-24-22)15-17-9-7-8-14-21(17)23/h1-15H,16H2. The van der Waals surface area contributed by atoms with Crippen molar-refractivity contribution in [3.8, 4) is 0 Å². The average molecular weight is 311 g/mol. The zero-order valence-corrected chi connectivity index (χ0v) is 13.2. The Kier molecular flexibility index (Phi) is 2.88. The molecule has 0 saturated heterocycles. The largest absolute Gasteiger partial charge is 0.341 e. The molecule has 24 heavy (non-hydrogen) atoms. The molecule has 0 saturated carbocycles. The van der Waals surface area contributed by atoms with Gasteiger partial charge < -0.3 is 9.30 Å². The lowest BCUT2D eigenvalue weighted by atomic mass is 9.94. The van der Waals surface area contributed by atoms with Crippen LogP contribution in [0.5, 0.6) is 0 Å². The summed E-state index contributed by atoms with van der Waals surface area (Å²) in [5.74, 6) is 0. The molecule has 5 rings (SSSR count). The van der Waals surface area contributed by atoms with Crippen LogP contribution in [0.1, 0.15) is 16.8 Å². The molecule has 0 bridgehead atoms. The number of ether oxygens (including phenoxy) is 1. The van der Waals surface area contributed by atoms with E-state index in [9.17, 15) is 0 Å². The molecule has 2 heteroatoms. The molecule has 4 aromatic rings. The highest BCUT2D eigenvalue weighted by atomic mass is 16.5. The fourth-order valence-corrected chi connectivity index (χ4v) is 3.85. The first-order valence-electron chi connectivity index (χ1n) is 8.24. The Bertz CT molecular complexity index is 963. The third-order valence-corrected chi connectivity index (χ3v) is 4.86. The van der Waals surface area contributed by atoms with Gasteiger partial charge >= 0.3 is 0 Å². The van der Waals surface area contributed by atoms with Crippen molar-refractivity contribution < 1.29 is 4.74 Å². The Hall–Kier alpha value is -2.84. The Morgan fingerprint density at radius 3 is 1.96 bits per heavy atom. The Labute approximate surface area is 140 Å². The van der Waals surface area contributed by atoms with Crippen LogP contribution in [0.2, 0.25) is 0 Å². The minimum absolute atomic E-state index is 0.610. The smallest absolute Gasteiger partial charge is 0.198 e. The van der Waals surface area contributed by atoms with Gasteiger partial charge in [-0.1, -0.05) is 78.9 Å². The molecule has 1 aliphatic rings. The first kappa shape index (κ1) is 13.6. The predicted octanol–water partition coefficient (Wildman–Crippen LogP) is 4.92. The van der Waals surface area contributed by atoms with Gasteiger partial charge in [0.2, 0.25) is 0 Å². The Morgan fingerprint density at radius 1 is 0.708 bits per heavy atom. The fraction of sp³-hybridized carbons (Fsp3) is 0.0909. The van der Waals surface area contributed by atoms with Crippen molar-refractivity contribution in [1.29, 1.82) is 0 Å². The van der Waals surface area contributed by atoms with Crippen LogP contribution in [0.25, 0.3) is 10.9 Å². The highest BCUT2D eigenvalue weighted by Crippen LogP contribution is 2.44. The third-order valence-electron chi connectivity index (χ3n) is 4.86. The summed E-state index contributed by atoms with van der Waals surface area (Å²) in [5, 5.41) is 1.26. The number of rotatable bonds is 2. The van der Waals surface area contributed by atoms with Crippen molar-refractivity contribution in [1.82, 2.24) is 4.57 Å². The lowest BCUT2D eigenvalue weighted by molar-refractivity contribution is -0.00981. The molecule has 0 aliphatic carbocycles. The van der Waals surface area contributed by atoms with E-state index >= 15 is 0 Å². The van der Waals surface area contributed by atoms with Crippen LogP contribution in [0, 0.1) is 0 Å². The molecule has 0 amide bonds. The van der Waals surface area contributed by atoms with Crippen molar-refractivity contribution in [2.75, 3.05) is 0 Å². The molecule has 3 aromatic carbocycles. The molecular formula is C22H17NO. The van der Waals surface area contributed by atoms with Crippen LogP contribution < -0.4 is 0 Å². The number of hydrogen-bond donors (Lipinski definition) is 0. The second-order valence-corrected chi connectivity index (χ2v) is 6.19. The maximum atomic E-state index is 6.49. The van der Waals surface area contributed by atoms with Gasteiger partial charge in [0.25, 0.3) is 0 Å². The van der Waals surface area contributed by atoms with Crippen LogP contribution in [-0.4, -0.2) is 4.57 Å². The minimum atomic E-state index is -0.610. The van der Waals surface area contributed by atoms with Crippen molar-refractivity contribution in [2.45, 2.75) is 12.3 Å². The molecule has 2 heterocycles. The van der Waals surface area contributed by atoms with Gasteiger partial charge in [0.1, 0.15) is 0 Å². The van der Waals surface area contributed by atoms with Gasteiger partial charge in [0.05, 0.1) is 12.1 Å². The lowest BCUT2D eigenvalue weighted by Crippen LogP contribution is -2.34. The van der Waals surface area contributed by atoms with E-state index in [0.717, 1.165) is 11.1 Å². The Balaban J connectivity index is 1.89. The quantitative estimate of drug-likeness (QED) is 0.512. The van der Waals surface area contributed by atoms with Gasteiger partial charge in [0.15, 0.2) is 5.72 Å². The number of hydrogen-bond acceptors (Lipinski definition) is 1. The third kappa shape index (κ3) is 1.75. The van der Waals surface area contributed by atoms with Crippen molar-refractivity contribution in [3.05, 3.63) is 108 Å². The summed E-state index contributed by atoms with van der Waals surface area (Å²) in [4.78, 5) is 0. The van der Waals surface area contributed by atoms with Crippen molar-refractivity contribution in [2.24, 2.45) is 0 Å². The first-order chi connectivity index (χ1) is 11.9. The molecule has 1 aliphatic heterocycles. The topological polar surface area (TPSA) is 14.2 Å². The van der Waals surface area contributed by atoms with E-state index < -0.39 is 5.72 Å². The number of nitrogens with zero attached hydrogens (tertiary/aromatic N) is 1. The van der Waals surface area contributed by atoms with Gasteiger partial charge in [-0.25, -0.2) is 0 Å². The zero-order chi connectivity index (χ0) is 16.0. The number of benzene rings is 3. The maximum absolute atomic E-state index is 6.49. The zero-order valence-electron chi connectivity index (χ0n) is 13.2. The lowest BCUT2D eigenvalue weighted by Gasteiger charge is -2.32. The minimum Gasteiger partial charge on any atom is -0.341 e.